The first-order chi connectivity index (χ1) is 13.3. The smallest absolute Gasteiger partial charge is 0.242 e. The summed E-state index contributed by atoms with van der Waals surface area (Å²) in [6.45, 7) is 3.60. The average Bonchev–Trinajstić information content (AvgIpc) is 2.69. The highest BCUT2D eigenvalue weighted by Crippen LogP contribution is 2.22. The number of nitrogens with zero attached hydrogens (tertiary/aromatic N) is 1. The number of carbonyl (C=O) groups is 1. The van der Waals surface area contributed by atoms with Gasteiger partial charge in [0.15, 0.2) is 0 Å². The topological polar surface area (TPSA) is 78.5 Å². The van der Waals surface area contributed by atoms with E-state index in [1.54, 1.807) is 12.1 Å². The highest BCUT2D eigenvalue weighted by molar-refractivity contribution is 7.89. The SMILES string of the molecule is C[C@H](NS(=O)(=O)c1cccc(Cl)c1)C(=O)Nc1ccc(N2CCCCC2)cc1. The minimum atomic E-state index is -3.84. The molecule has 3 rings (SSSR count). The van der Waals surface area contributed by atoms with Gasteiger partial charge in [0.05, 0.1) is 10.9 Å². The van der Waals surface area contributed by atoms with Crippen molar-refractivity contribution < 1.29 is 13.2 Å². The zero-order chi connectivity index (χ0) is 20.1. The van der Waals surface area contributed by atoms with Crippen LogP contribution in [0.2, 0.25) is 5.02 Å². The van der Waals surface area contributed by atoms with E-state index in [-0.39, 0.29) is 4.90 Å². The molecule has 28 heavy (non-hydrogen) atoms. The minimum absolute atomic E-state index is 0.0190. The molecule has 8 heteroatoms. The molecule has 1 fully saturated rings. The standard InChI is InChI=1S/C20H24ClN3O3S/c1-15(23-28(26,27)19-7-5-6-16(21)14-19)20(25)22-17-8-10-18(11-9-17)24-12-3-2-4-13-24/h5-11,14-15,23H,2-4,12-13H2,1H3,(H,22,25)/t15-/m0/s1. The molecule has 2 aromatic rings. The van der Waals surface area contributed by atoms with Crippen molar-refractivity contribution in [2.75, 3.05) is 23.3 Å². The Bertz CT molecular complexity index is 926. The molecule has 1 atom stereocenters. The Morgan fingerprint density at radius 3 is 2.39 bits per heavy atom. The third-order valence-corrected chi connectivity index (χ3v) is 6.46. The van der Waals surface area contributed by atoms with Gasteiger partial charge < -0.3 is 10.2 Å². The molecule has 0 unspecified atom stereocenters. The van der Waals surface area contributed by atoms with Gasteiger partial charge in [-0.1, -0.05) is 17.7 Å². The van der Waals surface area contributed by atoms with E-state index >= 15 is 0 Å². The molecule has 2 N–H and O–H groups in total. The number of anilines is 2. The van der Waals surface area contributed by atoms with E-state index in [1.807, 2.05) is 24.3 Å². The number of hydrogen-bond acceptors (Lipinski definition) is 4. The van der Waals surface area contributed by atoms with Crippen LogP contribution in [-0.4, -0.2) is 33.5 Å². The molecule has 6 nitrogen and oxygen atoms in total. The summed E-state index contributed by atoms with van der Waals surface area (Å²) in [6.07, 6.45) is 3.67. The third kappa shape index (κ3) is 5.25. The largest absolute Gasteiger partial charge is 0.372 e. The van der Waals surface area contributed by atoms with E-state index in [0.29, 0.717) is 10.7 Å². The summed E-state index contributed by atoms with van der Waals surface area (Å²) < 4.78 is 27.2. The van der Waals surface area contributed by atoms with Crippen molar-refractivity contribution in [1.29, 1.82) is 0 Å². The van der Waals surface area contributed by atoms with Crippen molar-refractivity contribution in [3.63, 3.8) is 0 Å². The Morgan fingerprint density at radius 1 is 1.07 bits per heavy atom. The van der Waals surface area contributed by atoms with Crippen LogP contribution >= 0.6 is 11.6 Å². The van der Waals surface area contributed by atoms with Crippen LogP contribution in [0.5, 0.6) is 0 Å². The maximum atomic E-state index is 12.4. The maximum Gasteiger partial charge on any atom is 0.242 e. The zero-order valence-corrected chi connectivity index (χ0v) is 17.3. The van der Waals surface area contributed by atoms with Gasteiger partial charge in [0.25, 0.3) is 0 Å². The molecule has 1 aliphatic heterocycles. The molecule has 1 amide bonds. The predicted molar refractivity (Wildman–Crippen MR) is 112 cm³/mol. The van der Waals surface area contributed by atoms with E-state index in [0.717, 1.165) is 18.8 Å². The Balaban J connectivity index is 1.60. The monoisotopic (exact) mass is 421 g/mol. The second-order valence-corrected chi connectivity index (χ2v) is 9.03. The van der Waals surface area contributed by atoms with Crippen LogP contribution in [0.3, 0.4) is 0 Å². The van der Waals surface area contributed by atoms with Gasteiger partial charge in [-0.05, 0) is 68.7 Å². The second kappa shape index (κ2) is 8.94. The lowest BCUT2D eigenvalue weighted by Crippen LogP contribution is -2.41. The number of hydrogen-bond donors (Lipinski definition) is 2. The fraction of sp³-hybridized carbons (Fsp3) is 0.350. The van der Waals surface area contributed by atoms with Crippen LogP contribution in [0.4, 0.5) is 11.4 Å². The molecule has 150 valence electrons. The Kier molecular flexibility index (Phi) is 6.59. The van der Waals surface area contributed by atoms with Crippen LogP contribution in [-0.2, 0) is 14.8 Å². The number of halogens is 1. The summed E-state index contributed by atoms with van der Waals surface area (Å²) in [5, 5.41) is 3.06. The number of benzene rings is 2. The van der Waals surface area contributed by atoms with Crippen LogP contribution in [0.15, 0.2) is 53.4 Å². The molecule has 0 aliphatic carbocycles. The number of amides is 1. The van der Waals surface area contributed by atoms with Crippen LogP contribution in [0, 0.1) is 0 Å². The van der Waals surface area contributed by atoms with Gasteiger partial charge in [0.1, 0.15) is 0 Å². The lowest BCUT2D eigenvalue weighted by atomic mass is 10.1. The van der Waals surface area contributed by atoms with Crippen LogP contribution in [0.1, 0.15) is 26.2 Å². The minimum Gasteiger partial charge on any atom is -0.372 e. The molecule has 0 radical (unpaired) electrons. The summed E-state index contributed by atoms with van der Waals surface area (Å²) in [6, 6.07) is 12.6. The Hall–Kier alpha value is -2.09. The van der Waals surface area contributed by atoms with Gasteiger partial charge in [-0.3, -0.25) is 4.79 Å². The van der Waals surface area contributed by atoms with Crippen molar-refractivity contribution in [1.82, 2.24) is 4.72 Å². The van der Waals surface area contributed by atoms with Crippen molar-refractivity contribution in [3.05, 3.63) is 53.6 Å². The molecule has 0 spiro atoms. The molecular formula is C20H24ClN3O3S. The summed E-state index contributed by atoms with van der Waals surface area (Å²) in [5.74, 6) is -0.434. The fourth-order valence-corrected chi connectivity index (χ4v) is 4.65. The van der Waals surface area contributed by atoms with E-state index in [1.165, 1.54) is 38.3 Å². The molecule has 1 aliphatic rings. The molecule has 2 aromatic carbocycles. The van der Waals surface area contributed by atoms with E-state index in [9.17, 15) is 13.2 Å². The lowest BCUT2D eigenvalue weighted by molar-refractivity contribution is -0.117. The lowest BCUT2D eigenvalue weighted by Gasteiger charge is -2.28. The molecular weight excluding hydrogens is 398 g/mol. The summed E-state index contributed by atoms with van der Waals surface area (Å²) in [4.78, 5) is 14.7. The van der Waals surface area contributed by atoms with Crippen LogP contribution in [0.25, 0.3) is 0 Å². The van der Waals surface area contributed by atoms with Crippen molar-refractivity contribution in [3.8, 4) is 0 Å². The molecule has 0 saturated carbocycles. The van der Waals surface area contributed by atoms with E-state index < -0.39 is 22.0 Å². The molecule has 1 saturated heterocycles. The normalized spacial score (nSPS) is 15.9. The Labute approximate surface area is 170 Å². The van der Waals surface area contributed by atoms with Gasteiger partial charge in [-0.15, -0.1) is 0 Å². The quantitative estimate of drug-likeness (QED) is 0.746. The van der Waals surface area contributed by atoms with Gasteiger partial charge in [-0.25, -0.2) is 8.42 Å². The van der Waals surface area contributed by atoms with Crippen molar-refractivity contribution in [2.45, 2.75) is 37.1 Å². The maximum absolute atomic E-state index is 12.4. The molecule has 0 bridgehead atoms. The average molecular weight is 422 g/mol. The number of rotatable bonds is 6. The molecule has 1 heterocycles. The van der Waals surface area contributed by atoms with Gasteiger partial charge in [-0.2, -0.15) is 4.72 Å². The van der Waals surface area contributed by atoms with E-state index in [4.69, 9.17) is 11.6 Å². The van der Waals surface area contributed by atoms with Gasteiger partial charge >= 0.3 is 0 Å². The first-order valence-corrected chi connectivity index (χ1v) is 11.1. The van der Waals surface area contributed by atoms with Crippen molar-refractivity contribution >= 4 is 38.9 Å². The number of carbonyl (C=O) groups excluding carboxylic acids is 1. The number of sulfonamides is 1. The fourth-order valence-electron chi connectivity index (χ4n) is 3.15. The highest BCUT2D eigenvalue weighted by atomic mass is 35.5. The first-order valence-electron chi connectivity index (χ1n) is 9.29. The molecule has 0 aromatic heterocycles. The predicted octanol–water partition coefficient (Wildman–Crippen LogP) is 3.64. The summed E-state index contributed by atoms with van der Waals surface area (Å²) >= 11 is 5.85. The number of nitrogens with one attached hydrogen (secondary N) is 2. The number of piperidine rings is 1. The second-order valence-electron chi connectivity index (χ2n) is 6.88. The van der Waals surface area contributed by atoms with Crippen LogP contribution < -0.4 is 14.9 Å². The Morgan fingerprint density at radius 2 is 1.75 bits per heavy atom. The van der Waals surface area contributed by atoms with E-state index in [2.05, 4.69) is 14.9 Å². The summed E-state index contributed by atoms with van der Waals surface area (Å²) in [7, 11) is -3.84. The highest BCUT2D eigenvalue weighted by Gasteiger charge is 2.22. The zero-order valence-electron chi connectivity index (χ0n) is 15.7. The first kappa shape index (κ1) is 20.6. The van der Waals surface area contributed by atoms with Crippen molar-refractivity contribution in [2.24, 2.45) is 0 Å². The third-order valence-electron chi connectivity index (χ3n) is 4.69. The summed E-state index contributed by atoms with van der Waals surface area (Å²) in [5.41, 5.74) is 1.76. The van der Waals surface area contributed by atoms with Gasteiger partial charge in [0, 0.05) is 29.5 Å². The van der Waals surface area contributed by atoms with Gasteiger partial charge in [0.2, 0.25) is 15.9 Å².